The second-order valence-electron chi connectivity index (χ2n) is 5.37. The van der Waals surface area contributed by atoms with Crippen molar-refractivity contribution in [3.8, 4) is 0 Å². The lowest BCUT2D eigenvalue weighted by atomic mass is 10.0. The highest BCUT2D eigenvalue weighted by Gasteiger charge is 2.30. The van der Waals surface area contributed by atoms with Crippen molar-refractivity contribution in [2.75, 3.05) is 6.54 Å². The third-order valence-electron chi connectivity index (χ3n) is 3.04. The number of nitrogens with two attached hydrogens (primary N) is 1. The van der Waals surface area contributed by atoms with E-state index in [0.717, 1.165) is 0 Å². The molecule has 0 spiro atoms. The first kappa shape index (κ1) is 21.2. The molecule has 0 aliphatic carbocycles. The fourth-order valence-electron chi connectivity index (χ4n) is 1.62. The monoisotopic (exact) mass is 349 g/mol. The molecule has 10 heteroatoms. The Morgan fingerprint density at radius 3 is 2.17 bits per heavy atom. The van der Waals surface area contributed by atoms with Gasteiger partial charge >= 0.3 is 11.9 Å². The van der Waals surface area contributed by atoms with Crippen LogP contribution in [-0.4, -0.2) is 57.8 Å². The molecule has 132 valence electrons. The van der Waals surface area contributed by atoms with Crippen molar-refractivity contribution < 1.29 is 29.4 Å². The Labute approximate surface area is 139 Å². The summed E-state index contributed by atoms with van der Waals surface area (Å²) in [5, 5.41) is 21.3. The van der Waals surface area contributed by atoms with Crippen LogP contribution < -0.4 is 16.4 Å². The van der Waals surface area contributed by atoms with Crippen molar-refractivity contribution in [1.82, 2.24) is 10.6 Å². The van der Waals surface area contributed by atoms with Gasteiger partial charge in [-0.3, -0.25) is 19.2 Å². The predicted octanol–water partition coefficient (Wildman–Crippen LogP) is -1.18. The predicted molar refractivity (Wildman–Crippen MR) is 85.0 cm³/mol. The third-order valence-corrected chi connectivity index (χ3v) is 3.93. The molecule has 0 aromatic rings. The minimum Gasteiger partial charge on any atom is -0.480 e. The second-order valence-corrected chi connectivity index (χ2v) is 5.97. The fraction of sp³-hybridized carbons (Fsp3) is 0.692. The van der Waals surface area contributed by atoms with Crippen LogP contribution in [0.5, 0.6) is 0 Å². The molecule has 0 radical (unpaired) electrons. The summed E-state index contributed by atoms with van der Waals surface area (Å²) < 4.78 is 0. The minimum atomic E-state index is -1.22. The van der Waals surface area contributed by atoms with E-state index in [-0.39, 0.29) is 18.8 Å². The number of rotatable bonds is 10. The van der Waals surface area contributed by atoms with Crippen molar-refractivity contribution >= 4 is 36.4 Å². The van der Waals surface area contributed by atoms with E-state index in [4.69, 9.17) is 15.9 Å². The Bertz CT molecular complexity index is 457. The van der Waals surface area contributed by atoms with Gasteiger partial charge in [-0.1, -0.05) is 13.8 Å². The number of carbonyl (C=O) groups is 4. The number of aliphatic carboxylic acids is 2. The summed E-state index contributed by atoms with van der Waals surface area (Å²) in [5.74, 6) is -3.73. The lowest BCUT2D eigenvalue weighted by Crippen LogP contribution is -2.53. The van der Waals surface area contributed by atoms with E-state index in [9.17, 15) is 19.2 Å². The summed E-state index contributed by atoms with van der Waals surface area (Å²) in [6, 6.07) is -2.21. The summed E-state index contributed by atoms with van der Waals surface area (Å²) in [6.45, 7) is 3.01. The van der Waals surface area contributed by atoms with Crippen LogP contribution in [0, 0.1) is 5.92 Å². The van der Waals surface area contributed by atoms with E-state index in [2.05, 4.69) is 23.3 Å². The van der Waals surface area contributed by atoms with Crippen molar-refractivity contribution in [3.63, 3.8) is 0 Å². The second kappa shape index (κ2) is 10.1. The van der Waals surface area contributed by atoms with Gasteiger partial charge in [0.05, 0.1) is 0 Å². The van der Waals surface area contributed by atoms with Gasteiger partial charge in [-0.05, 0) is 12.3 Å². The van der Waals surface area contributed by atoms with Gasteiger partial charge in [-0.2, -0.15) is 12.6 Å². The van der Waals surface area contributed by atoms with Gasteiger partial charge in [0.25, 0.3) is 0 Å². The van der Waals surface area contributed by atoms with E-state index in [0.29, 0.717) is 0 Å². The van der Waals surface area contributed by atoms with Gasteiger partial charge < -0.3 is 26.6 Å². The molecule has 3 atom stereocenters. The van der Waals surface area contributed by atoms with Crippen LogP contribution in [0.4, 0.5) is 0 Å². The molecule has 0 rings (SSSR count). The number of carboxylic acid groups (broad SMARTS) is 2. The van der Waals surface area contributed by atoms with Gasteiger partial charge in [-0.25, -0.2) is 0 Å². The number of carboxylic acids is 2. The van der Waals surface area contributed by atoms with Gasteiger partial charge in [0.1, 0.15) is 18.6 Å². The highest BCUT2D eigenvalue weighted by atomic mass is 32.1. The average Bonchev–Trinajstić information content (AvgIpc) is 2.46. The maximum Gasteiger partial charge on any atom is 0.322 e. The van der Waals surface area contributed by atoms with Crippen molar-refractivity contribution in [1.29, 1.82) is 0 Å². The molecule has 0 aromatic heterocycles. The molecule has 2 amide bonds. The highest BCUT2D eigenvalue weighted by molar-refractivity contribution is 7.81. The smallest absolute Gasteiger partial charge is 0.322 e. The zero-order valence-corrected chi connectivity index (χ0v) is 13.9. The molecular formula is C13H23N3O6S. The van der Waals surface area contributed by atoms with Gasteiger partial charge in [-0.15, -0.1) is 0 Å². The number of thiol groups is 1. The lowest BCUT2D eigenvalue weighted by molar-refractivity contribution is -0.139. The molecule has 9 nitrogen and oxygen atoms in total. The van der Waals surface area contributed by atoms with Crippen molar-refractivity contribution in [3.05, 3.63) is 0 Å². The Morgan fingerprint density at radius 2 is 1.74 bits per heavy atom. The van der Waals surface area contributed by atoms with Crippen LogP contribution in [0.2, 0.25) is 0 Å². The van der Waals surface area contributed by atoms with E-state index >= 15 is 0 Å². The maximum absolute atomic E-state index is 12.0. The zero-order valence-electron chi connectivity index (χ0n) is 13.0. The molecule has 0 aliphatic heterocycles. The van der Waals surface area contributed by atoms with Crippen molar-refractivity contribution in [2.24, 2.45) is 11.7 Å². The number of nitrogens with one attached hydrogen (secondary N) is 2. The lowest BCUT2D eigenvalue weighted by Gasteiger charge is -2.26. The molecule has 1 unspecified atom stereocenters. The molecule has 23 heavy (non-hydrogen) atoms. The quantitative estimate of drug-likeness (QED) is 0.271. The van der Waals surface area contributed by atoms with Crippen LogP contribution in [0.15, 0.2) is 0 Å². The molecule has 0 heterocycles. The summed E-state index contributed by atoms with van der Waals surface area (Å²) in [4.78, 5) is 45.0. The van der Waals surface area contributed by atoms with Crippen LogP contribution in [0.25, 0.3) is 0 Å². The summed E-state index contributed by atoms with van der Waals surface area (Å²) in [7, 11) is 0. The van der Waals surface area contributed by atoms with Gasteiger partial charge in [0, 0.05) is 11.7 Å². The largest absolute Gasteiger partial charge is 0.480 e. The first-order chi connectivity index (χ1) is 10.6. The molecule has 0 saturated heterocycles. The molecule has 0 aliphatic rings. The Morgan fingerprint density at radius 1 is 1.17 bits per heavy atom. The van der Waals surface area contributed by atoms with E-state index < -0.39 is 47.6 Å². The molecule has 0 saturated carbocycles. The summed E-state index contributed by atoms with van der Waals surface area (Å²) in [5.41, 5.74) is 5.31. The van der Waals surface area contributed by atoms with Crippen LogP contribution in [0.3, 0.4) is 0 Å². The Kier molecular flexibility index (Phi) is 9.27. The third kappa shape index (κ3) is 8.41. The minimum absolute atomic E-state index is 0.0690. The van der Waals surface area contributed by atoms with Gasteiger partial charge in [0.2, 0.25) is 11.8 Å². The van der Waals surface area contributed by atoms with E-state index in [1.54, 1.807) is 13.8 Å². The molecular weight excluding hydrogens is 326 g/mol. The standard InChI is InChI=1S/C13H23N3O6S/c1-6(2)11(23)10(12(20)15-5-9(18)19)16-8(17)4-3-7(14)13(21)22/h6-7,10-11,23H,3-5,14H2,1-2H3,(H,15,20)(H,16,17)(H,18,19)(H,21,22)/t7-,10-,11?/m0/s1. The average molecular weight is 349 g/mol. The Balaban J connectivity index is 4.75. The summed E-state index contributed by atoms with van der Waals surface area (Å²) in [6.07, 6.45) is -0.252. The normalized spacial score (nSPS) is 14.7. The summed E-state index contributed by atoms with van der Waals surface area (Å²) >= 11 is 4.28. The first-order valence-corrected chi connectivity index (χ1v) is 7.53. The molecule has 6 N–H and O–H groups in total. The number of hydrogen-bond donors (Lipinski definition) is 6. The van der Waals surface area contributed by atoms with E-state index in [1.165, 1.54) is 0 Å². The van der Waals surface area contributed by atoms with Crippen LogP contribution >= 0.6 is 12.6 Å². The topological polar surface area (TPSA) is 159 Å². The maximum atomic E-state index is 12.0. The van der Waals surface area contributed by atoms with Crippen LogP contribution in [-0.2, 0) is 19.2 Å². The first-order valence-electron chi connectivity index (χ1n) is 7.01. The van der Waals surface area contributed by atoms with Crippen molar-refractivity contribution in [2.45, 2.75) is 44.0 Å². The number of hydrogen-bond acceptors (Lipinski definition) is 6. The fourth-order valence-corrected chi connectivity index (χ4v) is 1.83. The number of carbonyl (C=O) groups excluding carboxylic acids is 2. The van der Waals surface area contributed by atoms with Gasteiger partial charge in [0.15, 0.2) is 0 Å². The SMILES string of the molecule is CC(C)C(S)[C@H](NC(=O)CC[C@H](N)C(=O)O)C(=O)NCC(=O)O. The highest BCUT2D eigenvalue weighted by Crippen LogP contribution is 2.14. The zero-order chi connectivity index (χ0) is 18.2. The molecule has 0 aromatic carbocycles. The van der Waals surface area contributed by atoms with Crippen LogP contribution in [0.1, 0.15) is 26.7 Å². The molecule has 0 bridgehead atoms. The van der Waals surface area contributed by atoms with E-state index in [1.807, 2.05) is 0 Å². The molecule has 0 fully saturated rings. The number of amides is 2. The Hall–Kier alpha value is -1.81.